The highest BCUT2D eigenvalue weighted by Gasteiger charge is 2.18. The Labute approximate surface area is 354 Å². The van der Waals surface area contributed by atoms with Crippen molar-refractivity contribution >= 4 is 16.4 Å². The van der Waals surface area contributed by atoms with E-state index in [2.05, 4.69) is 180 Å². The average Bonchev–Trinajstić information content (AvgIpc) is 3.74. The molecule has 0 saturated heterocycles. The van der Waals surface area contributed by atoms with Crippen molar-refractivity contribution < 1.29 is 0 Å². The van der Waals surface area contributed by atoms with Crippen LogP contribution < -0.4 is 0 Å². The predicted octanol–water partition coefficient (Wildman–Crippen LogP) is 14.0. The molecule has 0 atom stereocenters. The minimum Gasteiger partial charge on any atom is -0.299 e. The first-order valence-corrected chi connectivity index (χ1v) is 20.5. The Bertz CT molecular complexity index is 3320. The van der Waals surface area contributed by atoms with Gasteiger partial charge in [-0.15, -0.1) is 0 Å². The summed E-state index contributed by atoms with van der Waals surface area (Å²) in [5.74, 6) is 1.84. The highest BCUT2D eigenvalue weighted by molar-refractivity contribution is 5.98. The highest BCUT2D eigenvalue weighted by atomic mass is 15.0. The Morgan fingerprint density at radius 1 is 0.295 bits per heavy atom. The number of benzene rings is 8. The van der Waals surface area contributed by atoms with E-state index in [4.69, 9.17) is 19.9 Å². The van der Waals surface area contributed by atoms with Crippen molar-refractivity contribution in [2.75, 3.05) is 0 Å². The lowest BCUT2D eigenvalue weighted by molar-refractivity contribution is 1.07. The van der Waals surface area contributed by atoms with E-state index in [0.717, 1.165) is 78.2 Å². The summed E-state index contributed by atoms with van der Waals surface area (Å²) < 4.78 is 2.17. The zero-order chi connectivity index (χ0) is 40.5. The van der Waals surface area contributed by atoms with Crippen LogP contribution in [0.1, 0.15) is 0 Å². The Balaban J connectivity index is 1.07. The first kappa shape index (κ1) is 35.8. The van der Waals surface area contributed by atoms with E-state index in [1.165, 1.54) is 10.8 Å². The molecule has 11 rings (SSSR count). The van der Waals surface area contributed by atoms with Crippen molar-refractivity contribution in [1.82, 2.24) is 24.3 Å². The van der Waals surface area contributed by atoms with Gasteiger partial charge in [-0.3, -0.25) is 4.40 Å². The van der Waals surface area contributed by atoms with Crippen molar-refractivity contribution in [3.8, 4) is 90.1 Å². The number of imidazole rings is 1. The molecular formula is C56H37N5. The summed E-state index contributed by atoms with van der Waals surface area (Å²) in [7, 11) is 0. The Kier molecular flexibility index (Phi) is 9.10. The largest absolute Gasteiger partial charge is 0.299 e. The van der Waals surface area contributed by atoms with Crippen molar-refractivity contribution in [3.63, 3.8) is 0 Å². The van der Waals surface area contributed by atoms with Crippen LogP contribution in [0.5, 0.6) is 0 Å². The highest BCUT2D eigenvalue weighted by Crippen LogP contribution is 2.38. The second-order valence-corrected chi connectivity index (χ2v) is 15.1. The molecule has 0 N–H and O–H groups in total. The lowest BCUT2D eigenvalue weighted by Crippen LogP contribution is -2.00. The SMILES string of the molecule is c1ccc(-c2ccc(-c3nc(-c4ccccc4)nc(-c4cc(-c5ccc(-c6nc7ccccn7c6-c6ccccc6)cc5)cc(-c5cccc6ccccc56)c4)n3)cc2)cc1. The number of rotatable bonds is 8. The maximum Gasteiger partial charge on any atom is 0.164 e. The summed E-state index contributed by atoms with van der Waals surface area (Å²) in [6.45, 7) is 0. The predicted molar refractivity (Wildman–Crippen MR) is 250 cm³/mol. The minimum atomic E-state index is 0.605. The molecule has 0 aliphatic heterocycles. The van der Waals surface area contributed by atoms with Gasteiger partial charge in [0.25, 0.3) is 0 Å². The van der Waals surface area contributed by atoms with Crippen LogP contribution in [0.3, 0.4) is 0 Å². The molecule has 0 amide bonds. The topological polar surface area (TPSA) is 56.0 Å². The van der Waals surface area contributed by atoms with Crippen LogP contribution in [0.25, 0.3) is 106 Å². The van der Waals surface area contributed by atoms with Gasteiger partial charge >= 0.3 is 0 Å². The van der Waals surface area contributed by atoms with Crippen molar-refractivity contribution in [1.29, 1.82) is 0 Å². The third kappa shape index (κ3) is 6.94. The van der Waals surface area contributed by atoms with E-state index >= 15 is 0 Å². The van der Waals surface area contributed by atoms with Crippen LogP contribution in [0, 0.1) is 0 Å². The molecule has 0 radical (unpaired) electrons. The van der Waals surface area contributed by atoms with Crippen LogP contribution in [-0.2, 0) is 0 Å². The second kappa shape index (κ2) is 15.5. The monoisotopic (exact) mass is 779 g/mol. The molecule has 0 bridgehead atoms. The van der Waals surface area contributed by atoms with Gasteiger partial charge in [-0.25, -0.2) is 19.9 Å². The maximum atomic E-state index is 5.21. The van der Waals surface area contributed by atoms with E-state index in [-0.39, 0.29) is 0 Å². The first-order valence-electron chi connectivity index (χ1n) is 20.5. The summed E-state index contributed by atoms with van der Waals surface area (Å²) >= 11 is 0. The molecule has 0 spiro atoms. The molecule has 5 heteroatoms. The van der Waals surface area contributed by atoms with E-state index in [1.807, 2.05) is 48.5 Å². The van der Waals surface area contributed by atoms with Gasteiger partial charge in [-0.1, -0.05) is 188 Å². The van der Waals surface area contributed by atoms with Crippen molar-refractivity contribution in [3.05, 3.63) is 225 Å². The van der Waals surface area contributed by atoms with Gasteiger partial charge in [0.2, 0.25) is 0 Å². The van der Waals surface area contributed by atoms with Crippen molar-refractivity contribution in [2.45, 2.75) is 0 Å². The average molecular weight is 780 g/mol. The fourth-order valence-corrected chi connectivity index (χ4v) is 8.24. The standard InChI is InChI=1S/C56H37N5/c1-4-15-38(16-5-1)39-28-32-45(33-29-39)55-58-54(44-20-8-3-9-21-44)59-56(60-55)48-36-46(35-47(37-48)50-24-14-22-41-17-10-11-23-49(41)50)40-26-30-42(31-27-40)52-53(43-18-6-2-7-19-43)61-34-13-12-25-51(61)57-52/h1-37H. The normalized spacial score (nSPS) is 11.3. The molecule has 0 saturated carbocycles. The van der Waals surface area contributed by atoms with Gasteiger partial charge in [0.1, 0.15) is 5.65 Å². The fourth-order valence-electron chi connectivity index (χ4n) is 8.24. The first-order chi connectivity index (χ1) is 30.2. The summed E-state index contributed by atoms with van der Waals surface area (Å²) in [4.78, 5) is 20.6. The third-order valence-electron chi connectivity index (χ3n) is 11.3. The molecule has 3 heterocycles. The van der Waals surface area contributed by atoms with E-state index in [0.29, 0.717) is 17.5 Å². The summed E-state index contributed by atoms with van der Waals surface area (Å²) in [6, 6.07) is 76.1. The van der Waals surface area contributed by atoms with E-state index in [9.17, 15) is 0 Å². The van der Waals surface area contributed by atoms with Crippen LogP contribution >= 0.6 is 0 Å². The van der Waals surface area contributed by atoms with Gasteiger partial charge in [0, 0.05) is 34.0 Å². The van der Waals surface area contributed by atoms with Gasteiger partial charge in [0.15, 0.2) is 17.5 Å². The smallest absolute Gasteiger partial charge is 0.164 e. The van der Waals surface area contributed by atoms with Gasteiger partial charge in [-0.2, -0.15) is 0 Å². The minimum absolute atomic E-state index is 0.605. The number of fused-ring (bicyclic) bond motifs is 2. The molecule has 3 aromatic heterocycles. The molecule has 286 valence electrons. The fraction of sp³-hybridized carbons (Fsp3) is 0. The van der Waals surface area contributed by atoms with Crippen LogP contribution in [0.4, 0.5) is 0 Å². The molecule has 0 fully saturated rings. The molecule has 61 heavy (non-hydrogen) atoms. The maximum absolute atomic E-state index is 5.21. The summed E-state index contributed by atoms with van der Waals surface area (Å²) in [5, 5.41) is 2.37. The molecular weight excluding hydrogens is 743 g/mol. The number of aromatic nitrogens is 5. The number of nitrogens with zero attached hydrogens (tertiary/aromatic N) is 5. The van der Waals surface area contributed by atoms with Gasteiger partial charge in [0.05, 0.1) is 11.4 Å². The van der Waals surface area contributed by atoms with Gasteiger partial charge in [-0.05, 0) is 74.5 Å². The van der Waals surface area contributed by atoms with E-state index in [1.54, 1.807) is 0 Å². The quantitative estimate of drug-likeness (QED) is 0.154. The summed E-state index contributed by atoms with van der Waals surface area (Å²) in [5.41, 5.74) is 14.5. The van der Waals surface area contributed by atoms with Crippen LogP contribution in [0.2, 0.25) is 0 Å². The number of hydrogen-bond donors (Lipinski definition) is 0. The molecule has 0 unspecified atom stereocenters. The Morgan fingerprint density at radius 2 is 0.770 bits per heavy atom. The molecule has 11 aromatic rings. The Hall–Kier alpha value is -8.28. The summed E-state index contributed by atoms with van der Waals surface area (Å²) in [6.07, 6.45) is 2.08. The third-order valence-corrected chi connectivity index (χ3v) is 11.3. The van der Waals surface area contributed by atoms with E-state index < -0.39 is 0 Å². The second-order valence-electron chi connectivity index (χ2n) is 15.1. The number of hydrogen-bond acceptors (Lipinski definition) is 4. The lowest BCUT2D eigenvalue weighted by atomic mass is 9.92. The Morgan fingerprint density at radius 3 is 1.48 bits per heavy atom. The van der Waals surface area contributed by atoms with Crippen LogP contribution in [-0.4, -0.2) is 24.3 Å². The molecule has 0 aliphatic rings. The molecule has 0 aliphatic carbocycles. The van der Waals surface area contributed by atoms with Crippen LogP contribution in [0.15, 0.2) is 225 Å². The number of pyridine rings is 1. The van der Waals surface area contributed by atoms with Crippen molar-refractivity contribution in [2.24, 2.45) is 0 Å². The molecule has 5 nitrogen and oxygen atoms in total. The lowest BCUT2D eigenvalue weighted by Gasteiger charge is -2.14. The zero-order valence-corrected chi connectivity index (χ0v) is 33.1. The van der Waals surface area contributed by atoms with Gasteiger partial charge < -0.3 is 0 Å². The zero-order valence-electron chi connectivity index (χ0n) is 33.1. The molecule has 8 aromatic carbocycles.